The minimum atomic E-state index is -0.213. The van der Waals surface area contributed by atoms with Crippen LogP contribution in [-0.2, 0) is 9.53 Å². The third-order valence-corrected chi connectivity index (χ3v) is 2.83. The predicted molar refractivity (Wildman–Crippen MR) is 64.4 cm³/mol. The Kier molecular flexibility index (Phi) is 2.91. The van der Waals surface area contributed by atoms with E-state index in [0.717, 1.165) is 10.9 Å². The van der Waals surface area contributed by atoms with Gasteiger partial charge in [0, 0.05) is 0 Å². The zero-order valence-electron chi connectivity index (χ0n) is 9.44. The van der Waals surface area contributed by atoms with Crippen LogP contribution in [0.4, 0.5) is 0 Å². The number of fused-ring (bicyclic) bond motifs is 1. The first-order valence-electron chi connectivity index (χ1n) is 5.29. The fraction of sp³-hybridized carbons (Fsp3) is 0.214. The average Bonchev–Trinajstić information content (AvgIpc) is 2.36. The van der Waals surface area contributed by atoms with Gasteiger partial charge in [-0.05, 0) is 23.3 Å². The monoisotopic (exact) mass is 214 g/mol. The van der Waals surface area contributed by atoms with Crippen LogP contribution in [0.1, 0.15) is 18.4 Å². The van der Waals surface area contributed by atoms with Crippen LogP contribution >= 0.6 is 0 Å². The number of hydrogen-bond acceptors (Lipinski definition) is 2. The highest BCUT2D eigenvalue weighted by Gasteiger charge is 2.15. The molecule has 0 radical (unpaired) electrons. The van der Waals surface area contributed by atoms with Crippen LogP contribution in [0.3, 0.4) is 0 Å². The molecule has 0 aromatic heterocycles. The van der Waals surface area contributed by atoms with Crippen molar-refractivity contribution in [2.24, 2.45) is 0 Å². The summed E-state index contributed by atoms with van der Waals surface area (Å²) in [5, 5.41) is 2.33. The van der Waals surface area contributed by atoms with Crippen molar-refractivity contribution in [3.63, 3.8) is 0 Å². The SMILES string of the molecule is COC(=O)[C@H](C)c1ccc2ccccc2c1. The molecule has 0 saturated carbocycles. The lowest BCUT2D eigenvalue weighted by atomic mass is 9.98. The molecule has 82 valence electrons. The summed E-state index contributed by atoms with van der Waals surface area (Å²) >= 11 is 0. The summed E-state index contributed by atoms with van der Waals surface area (Å²) in [6.07, 6.45) is 0. The number of hydrogen-bond donors (Lipinski definition) is 0. The standard InChI is InChI=1S/C14H14O2/c1-10(14(15)16-2)12-8-7-11-5-3-4-6-13(11)9-12/h3-10H,1-2H3/t10-/m1/s1. The molecule has 0 bridgehead atoms. The van der Waals surface area contributed by atoms with E-state index in [0.29, 0.717) is 0 Å². The molecule has 16 heavy (non-hydrogen) atoms. The lowest BCUT2D eigenvalue weighted by Gasteiger charge is -2.10. The van der Waals surface area contributed by atoms with Crippen molar-refractivity contribution in [1.29, 1.82) is 0 Å². The summed E-state index contributed by atoms with van der Waals surface area (Å²) in [5.74, 6) is -0.412. The molecule has 2 rings (SSSR count). The van der Waals surface area contributed by atoms with Gasteiger partial charge in [0.2, 0.25) is 0 Å². The van der Waals surface area contributed by atoms with E-state index in [4.69, 9.17) is 4.74 Å². The van der Waals surface area contributed by atoms with Crippen molar-refractivity contribution in [3.8, 4) is 0 Å². The summed E-state index contributed by atoms with van der Waals surface area (Å²) in [6.45, 7) is 1.86. The maximum absolute atomic E-state index is 11.4. The van der Waals surface area contributed by atoms with E-state index in [-0.39, 0.29) is 11.9 Å². The van der Waals surface area contributed by atoms with E-state index in [1.165, 1.54) is 12.5 Å². The van der Waals surface area contributed by atoms with Crippen molar-refractivity contribution in [2.75, 3.05) is 7.11 Å². The van der Waals surface area contributed by atoms with E-state index >= 15 is 0 Å². The summed E-state index contributed by atoms with van der Waals surface area (Å²) < 4.78 is 4.74. The molecule has 0 heterocycles. The fourth-order valence-electron chi connectivity index (χ4n) is 1.79. The molecule has 0 spiro atoms. The van der Waals surface area contributed by atoms with Gasteiger partial charge < -0.3 is 4.74 Å². The number of carbonyl (C=O) groups excluding carboxylic acids is 1. The highest BCUT2D eigenvalue weighted by atomic mass is 16.5. The minimum Gasteiger partial charge on any atom is -0.469 e. The zero-order chi connectivity index (χ0) is 11.5. The normalized spacial score (nSPS) is 12.4. The number of rotatable bonds is 2. The smallest absolute Gasteiger partial charge is 0.312 e. The quantitative estimate of drug-likeness (QED) is 0.718. The molecule has 2 heteroatoms. The van der Waals surface area contributed by atoms with Crippen LogP contribution in [0.2, 0.25) is 0 Å². The maximum atomic E-state index is 11.4. The van der Waals surface area contributed by atoms with Gasteiger partial charge in [-0.1, -0.05) is 42.5 Å². The Bertz CT molecular complexity index is 517. The highest BCUT2D eigenvalue weighted by molar-refractivity contribution is 5.85. The Balaban J connectivity index is 2.43. The molecule has 0 fully saturated rings. The van der Waals surface area contributed by atoms with Gasteiger partial charge >= 0.3 is 5.97 Å². The molecule has 0 saturated heterocycles. The van der Waals surface area contributed by atoms with Gasteiger partial charge in [0.1, 0.15) is 0 Å². The van der Waals surface area contributed by atoms with Gasteiger partial charge in [-0.25, -0.2) is 0 Å². The molecule has 2 aromatic rings. The second kappa shape index (κ2) is 4.35. The molecule has 0 amide bonds. The Morgan fingerprint density at radius 2 is 1.81 bits per heavy atom. The Morgan fingerprint density at radius 1 is 1.12 bits per heavy atom. The molecule has 0 aliphatic carbocycles. The first kappa shape index (κ1) is 10.7. The van der Waals surface area contributed by atoms with E-state index in [2.05, 4.69) is 6.07 Å². The predicted octanol–water partition coefficient (Wildman–Crippen LogP) is 3.12. The lowest BCUT2D eigenvalue weighted by Crippen LogP contribution is -2.10. The van der Waals surface area contributed by atoms with Crippen molar-refractivity contribution in [2.45, 2.75) is 12.8 Å². The number of esters is 1. The Hall–Kier alpha value is -1.83. The first-order valence-corrected chi connectivity index (χ1v) is 5.29. The molecular weight excluding hydrogens is 200 g/mol. The molecule has 0 N–H and O–H groups in total. The number of ether oxygens (including phenoxy) is 1. The topological polar surface area (TPSA) is 26.3 Å². The third-order valence-electron chi connectivity index (χ3n) is 2.83. The highest BCUT2D eigenvalue weighted by Crippen LogP contribution is 2.22. The number of methoxy groups -OCH3 is 1. The number of carbonyl (C=O) groups is 1. The molecule has 2 aromatic carbocycles. The van der Waals surface area contributed by atoms with E-state index < -0.39 is 0 Å². The van der Waals surface area contributed by atoms with Crippen LogP contribution in [-0.4, -0.2) is 13.1 Å². The molecule has 2 nitrogen and oxygen atoms in total. The first-order chi connectivity index (χ1) is 7.72. The molecule has 0 unspecified atom stereocenters. The molecule has 1 atom stereocenters. The summed E-state index contributed by atoms with van der Waals surface area (Å²) in [7, 11) is 1.42. The lowest BCUT2D eigenvalue weighted by molar-refractivity contribution is -0.141. The van der Waals surface area contributed by atoms with E-state index in [1.54, 1.807) is 0 Å². The zero-order valence-corrected chi connectivity index (χ0v) is 9.44. The second-order valence-electron chi connectivity index (χ2n) is 3.85. The molecular formula is C14H14O2. The van der Waals surface area contributed by atoms with E-state index in [1.807, 2.05) is 43.3 Å². The third kappa shape index (κ3) is 1.91. The summed E-state index contributed by atoms with van der Waals surface area (Å²) in [4.78, 5) is 11.4. The maximum Gasteiger partial charge on any atom is 0.312 e. The Labute approximate surface area is 94.8 Å². The summed E-state index contributed by atoms with van der Waals surface area (Å²) in [5.41, 5.74) is 0.991. The fourth-order valence-corrected chi connectivity index (χ4v) is 1.79. The van der Waals surface area contributed by atoms with Gasteiger partial charge in [0.05, 0.1) is 13.0 Å². The van der Waals surface area contributed by atoms with Gasteiger partial charge in [-0.3, -0.25) is 4.79 Å². The number of benzene rings is 2. The van der Waals surface area contributed by atoms with Crippen LogP contribution in [0.25, 0.3) is 10.8 Å². The van der Waals surface area contributed by atoms with Crippen molar-refractivity contribution in [1.82, 2.24) is 0 Å². The minimum absolute atomic E-state index is 0.199. The van der Waals surface area contributed by atoms with Crippen LogP contribution in [0.5, 0.6) is 0 Å². The van der Waals surface area contributed by atoms with Gasteiger partial charge in [0.15, 0.2) is 0 Å². The summed E-state index contributed by atoms with van der Waals surface area (Å²) in [6, 6.07) is 14.1. The largest absolute Gasteiger partial charge is 0.469 e. The van der Waals surface area contributed by atoms with Gasteiger partial charge in [-0.15, -0.1) is 0 Å². The van der Waals surface area contributed by atoms with Crippen molar-refractivity contribution in [3.05, 3.63) is 48.0 Å². The second-order valence-corrected chi connectivity index (χ2v) is 3.85. The van der Waals surface area contributed by atoms with Crippen LogP contribution in [0.15, 0.2) is 42.5 Å². The van der Waals surface area contributed by atoms with E-state index in [9.17, 15) is 4.79 Å². The average molecular weight is 214 g/mol. The van der Waals surface area contributed by atoms with Gasteiger partial charge in [-0.2, -0.15) is 0 Å². The van der Waals surface area contributed by atoms with Crippen molar-refractivity contribution < 1.29 is 9.53 Å². The van der Waals surface area contributed by atoms with Crippen molar-refractivity contribution >= 4 is 16.7 Å². The van der Waals surface area contributed by atoms with Crippen LogP contribution in [0, 0.1) is 0 Å². The molecule has 0 aliphatic heterocycles. The molecule has 0 aliphatic rings. The van der Waals surface area contributed by atoms with Crippen LogP contribution < -0.4 is 0 Å². The van der Waals surface area contributed by atoms with Gasteiger partial charge in [0.25, 0.3) is 0 Å². The Morgan fingerprint density at radius 3 is 2.50 bits per heavy atom.